The summed E-state index contributed by atoms with van der Waals surface area (Å²) in [6, 6.07) is 8.80. The number of aromatic amines is 1. The van der Waals surface area contributed by atoms with Crippen LogP contribution in [0.3, 0.4) is 0 Å². The highest BCUT2D eigenvalue weighted by Crippen LogP contribution is 2.63. The van der Waals surface area contributed by atoms with E-state index in [2.05, 4.69) is 59.8 Å². The Hall–Kier alpha value is -3.66. The van der Waals surface area contributed by atoms with E-state index < -0.39 is 0 Å². The average molecular weight is 479 g/mol. The summed E-state index contributed by atoms with van der Waals surface area (Å²) in [6.07, 6.45) is 6.38. The number of para-hydroxylation sites is 1. The minimum absolute atomic E-state index is 0.000372. The van der Waals surface area contributed by atoms with Gasteiger partial charge >= 0.3 is 0 Å². The van der Waals surface area contributed by atoms with Gasteiger partial charge in [0.15, 0.2) is 0 Å². The van der Waals surface area contributed by atoms with Gasteiger partial charge in [-0.2, -0.15) is 10.4 Å². The summed E-state index contributed by atoms with van der Waals surface area (Å²) in [5.74, 6) is 1.85. The fourth-order valence-electron chi connectivity index (χ4n) is 7.43. The number of hydrogen-bond donors (Lipinski definition) is 1. The molecule has 4 heterocycles. The van der Waals surface area contributed by atoms with Crippen LogP contribution in [0.4, 0.5) is 5.82 Å². The number of nitrogens with zero attached hydrogens (tertiary/aromatic N) is 5. The molecular weight excluding hydrogens is 448 g/mol. The first kappa shape index (κ1) is 21.6. The zero-order valence-corrected chi connectivity index (χ0v) is 20.8. The molecule has 2 atom stereocenters. The Balaban J connectivity index is 1.37. The molecule has 2 aromatic heterocycles. The van der Waals surface area contributed by atoms with E-state index in [1.54, 1.807) is 0 Å². The third kappa shape index (κ3) is 2.76. The van der Waals surface area contributed by atoms with Crippen LogP contribution in [0.25, 0.3) is 22.0 Å². The lowest BCUT2D eigenvalue weighted by atomic mass is 9.48. The molecule has 3 aromatic rings. The highest BCUT2D eigenvalue weighted by atomic mass is 16.2. The second-order valence-electron chi connectivity index (χ2n) is 11.9. The molecule has 1 amide bonds. The van der Waals surface area contributed by atoms with Crippen molar-refractivity contribution in [2.45, 2.75) is 39.0 Å². The molecule has 5 aliphatic rings. The van der Waals surface area contributed by atoms with E-state index in [1.165, 1.54) is 23.8 Å². The number of hydrogen-bond acceptors (Lipinski definition) is 5. The van der Waals surface area contributed by atoms with Gasteiger partial charge < -0.3 is 9.80 Å². The van der Waals surface area contributed by atoms with Gasteiger partial charge in [0.25, 0.3) is 0 Å². The second kappa shape index (κ2) is 7.19. The van der Waals surface area contributed by atoms with E-state index in [0.717, 1.165) is 66.9 Å². The molecule has 182 valence electrons. The number of benzene rings is 1. The number of likely N-dealkylation sites (tertiary alicyclic amines) is 1. The van der Waals surface area contributed by atoms with Gasteiger partial charge in [-0.3, -0.25) is 9.89 Å². The molecule has 7 nitrogen and oxygen atoms in total. The molecule has 2 saturated heterocycles. The number of nitriles is 1. The number of carbonyl (C=O) groups is 1. The Morgan fingerprint density at radius 1 is 1.31 bits per heavy atom. The number of amides is 1. The first-order valence-electron chi connectivity index (χ1n) is 12.9. The molecule has 0 radical (unpaired) electrons. The molecule has 1 saturated carbocycles. The second-order valence-corrected chi connectivity index (χ2v) is 11.9. The maximum atomic E-state index is 12.1. The predicted octanol–water partition coefficient (Wildman–Crippen LogP) is 4.41. The summed E-state index contributed by atoms with van der Waals surface area (Å²) in [5.41, 5.74) is 6.46. The van der Waals surface area contributed by atoms with Crippen LogP contribution >= 0.6 is 0 Å². The van der Waals surface area contributed by atoms with Crippen molar-refractivity contribution in [3.63, 3.8) is 0 Å². The normalized spacial score (nSPS) is 24.7. The molecule has 1 spiro atoms. The van der Waals surface area contributed by atoms with E-state index in [9.17, 15) is 10.1 Å². The molecule has 2 bridgehead atoms. The molecule has 8 rings (SSSR count). The zero-order valence-electron chi connectivity index (χ0n) is 20.8. The quantitative estimate of drug-likeness (QED) is 0.564. The number of aromatic nitrogens is 3. The Kier molecular flexibility index (Phi) is 4.32. The van der Waals surface area contributed by atoms with Gasteiger partial charge in [-0.25, -0.2) is 4.98 Å². The molecule has 0 unspecified atom stereocenters. The Morgan fingerprint density at radius 2 is 2.14 bits per heavy atom. The number of carbonyl (C=O) groups excluding carboxylic acids is 1. The maximum Gasteiger partial charge on any atom is 0.245 e. The van der Waals surface area contributed by atoms with E-state index in [1.807, 2.05) is 11.1 Å². The number of rotatable bonds is 3. The number of fused-ring (bicyclic) bond motifs is 1. The summed E-state index contributed by atoms with van der Waals surface area (Å²) in [4.78, 5) is 21.5. The van der Waals surface area contributed by atoms with Crippen LogP contribution in [0.1, 0.15) is 49.4 Å². The Bertz CT molecular complexity index is 1490. The lowest BCUT2D eigenvalue weighted by molar-refractivity contribution is -0.136. The average Bonchev–Trinajstić information content (AvgIpc) is 3.53. The molecule has 3 fully saturated rings. The highest BCUT2D eigenvalue weighted by molar-refractivity contribution is 5.97. The predicted molar refractivity (Wildman–Crippen MR) is 138 cm³/mol. The smallest absolute Gasteiger partial charge is 0.245 e. The van der Waals surface area contributed by atoms with Crippen molar-refractivity contribution >= 4 is 22.6 Å². The third-order valence-electron chi connectivity index (χ3n) is 9.70. The van der Waals surface area contributed by atoms with Crippen molar-refractivity contribution in [2.75, 3.05) is 31.1 Å². The molecular formula is C29H30N6O. The number of H-pyrrole nitrogens is 1. The zero-order chi connectivity index (χ0) is 24.8. The van der Waals surface area contributed by atoms with Crippen LogP contribution in [0.5, 0.6) is 0 Å². The van der Waals surface area contributed by atoms with Crippen molar-refractivity contribution in [3.05, 3.63) is 53.9 Å². The molecule has 36 heavy (non-hydrogen) atoms. The molecule has 2 aliphatic heterocycles. The van der Waals surface area contributed by atoms with Crippen molar-refractivity contribution in [1.82, 2.24) is 20.1 Å². The Morgan fingerprint density at radius 3 is 2.89 bits per heavy atom. The maximum absolute atomic E-state index is 12.1. The summed E-state index contributed by atoms with van der Waals surface area (Å²) in [6.45, 7) is 11.5. The van der Waals surface area contributed by atoms with Gasteiger partial charge in [-0.05, 0) is 42.2 Å². The summed E-state index contributed by atoms with van der Waals surface area (Å²) in [5, 5.41) is 19.1. The minimum Gasteiger partial charge on any atom is -0.355 e. The van der Waals surface area contributed by atoms with Crippen molar-refractivity contribution in [3.8, 4) is 17.2 Å². The van der Waals surface area contributed by atoms with E-state index >= 15 is 0 Å². The molecule has 7 heteroatoms. The van der Waals surface area contributed by atoms with Gasteiger partial charge in [0.1, 0.15) is 17.5 Å². The third-order valence-corrected chi connectivity index (χ3v) is 9.70. The monoisotopic (exact) mass is 478 g/mol. The van der Waals surface area contributed by atoms with E-state index in [4.69, 9.17) is 4.98 Å². The van der Waals surface area contributed by atoms with Crippen LogP contribution < -0.4 is 4.90 Å². The highest BCUT2D eigenvalue weighted by Gasteiger charge is 2.55. The van der Waals surface area contributed by atoms with Crippen LogP contribution in [0.15, 0.2) is 37.1 Å². The summed E-state index contributed by atoms with van der Waals surface area (Å²) in [7, 11) is 0. The first-order valence-corrected chi connectivity index (χ1v) is 12.9. The van der Waals surface area contributed by atoms with Crippen LogP contribution in [-0.2, 0) is 11.2 Å². The Labute approximate surface area is 210 Å². The van der Waals surface area contributed by atoms with Gasteiger partial charge in [-0.15, -0.1) is 0 Å². The van der Waals surface area contributed by atoms with Gasteiger partial charge in [0.2, 0.25) is 5.91 Å². The SMILES string of the molecule is C=CC(=O)N1CC2(CCN(c3nc4c(c(-c5cccc6cn[nH]c56)c3C#N)C[C@H]3C[C@@H]4C3(C)C)C2)C1. The lowest BCUT2D eigenvalue weighted by Gasteiger charge is -2.57. The topological polar surface area (TPSA) is 88.9 Å². The fraction of sp³-hybridized carbons (Fsp3) is 0.448. The van der Waals surface area contributed by atoms with Crippen molar-refractivity contribution < 1.29 is 4.79 Å². The largest absolute Gasteiger partial charge is 0.355 e. The molecule has 1 N–H and O–H groups in total. The van der Waals surface area contributed by atoms with Crippen molar-refractivity contribution in [1.29, 1.82) is 5.26 Å². The van der Waals surface area contributed by atoms with Gasteiger partial charge in [-0.1, -0.05) is 38.6 Å². The fourth-order valence-corrected chi connectivity index (χ4v) is 7.43. The molecule has 3 aliphatic carbocycles. The standard InChI is InChI=1S/C29H30N6O/c1-4-23(36)35-15-29(16-35)8-9-34(14-29)27-21(12-30)24(19-7-5-6-17-13-31-33-25(17)19)20-10-18-11-22(26(20)32-27)28(18,2)3/h4-7,13,18,22H,1,8-11,14-16H2,2-3H3,(H,31,33)/t18-,22-/m0/s1. The van der Waals surface area contributed by atoms with Gasteiger partial charge in [0.05, 0.1) is 17.4 Å². The summed E-state index contributed by atoms with van der Waals surface area (Å²) >= 11 is 0. The van der Waals surface area contributed by atoms with Crippen LogP contribution in [-0.4, -0.2) is 52.2 Å². The van der Waals surface area contributed by atoms with Crippen molar-refractivity contribution in [2.24, 2.45) is 16.7 Å². The number of pyridine rings is 1. The minimum atomic E-state index is 0.000372. The lowest BCUT2D eigenvalue weighted by Crippen LogP contribution is -2.59. The first-order chi connectivity index (χ1) is 17.3. The van der Waals surface area contributed by atoms with Crippen LogP contribution in [0, 0.1) is 28.1 Å². The number of anilines is 1. The van der Waals surface area contributed by atoms with Gasteiger partial charge in [0, 0.05) is 54.0 Å². The van der Waals surface area contributed by atoms with E-state index in [0.29, 0.717) is 17.4 Å². The van der Waals surface area contributed by atoms with Crippen LogP contribution in [0.2, 0.25) is 0 Å². The number of nitrogens with one attached hydrogen (secondary N) is 1. The summed E-state index contributed by atoms with van der Waals surface area (Å²) < 4.78 is 0. The molecule has 1 aromatic carbocycles. The van der Waals surface area contributed by atoms with E-state index in [-0.39, 0.29) is 16.7 Å².